The number of Topliss-reactive ketones (excluding diaryl/α,β-unsaturated/α-hetero) is 1. The number of benzene rings is 1. The van der Waals surface area contributed by atoms with Crippen LogP contribution in [0.25, 0.3) is 0 Å². The molecule has 1 heterocycles. The van der Waals surface area contributed by atoms with Gasteiger partial charge in [0.2, 0.25) is 10.0 Å². The summed E-state index contributed by atoms with van der Waals surface area (Å²) in [6, 6.07) is 6.07. The predicted octanol–water partition coefficient (Wildman–Crippen LogP) is 2.06. The number of carbonyl (C=O) groups excluding carboxylic acids is 1. The molecule has 6 heteroatoms. The predicted molar refractivity (Wildman–Crippen MR) is 77.1 cm³/mol. The van der Waals surface area contributed by atoms with E-state index in [0.29, 0.717) is 5.56 Å². The standard InChI is InChI=1S/C13H17NO3S2/c1-10(15)11-4-6-13(7-5-11)19(16,17)14-12-3-2-8-18-9-12/h4-7,12,14H,2-3,8-9H2,1H3. The number of thioether (sulfide) groups is 1. The minimum absolute atomic E-state index is 0.0104. The lowest BCUT2D eigenvalue weighted by molar-refractivity contribution is 0.101. The van der Waals surface area contributed by atoms with Crippen LogP contribution in [0.5, 0.6) is 0 Å². The van der Waals surface area contributed by atoms with Gasteiger partial charge in [-0.25, -0.2) is 13.1 Å². The summed E-state index contributed by atoms with van der Waals surface area (Å²) in [4.78, 5) is 11.4. The van der Waals surface area contributed by atoms with Gasteiger partial charge in [0.1, 0.15) is 0 Å². The van der Waals surface area contributed by atoms with E-state index in [9.17, 15) is 13.2 Å². The lowest BCUT2D eigenvalue weighted by Gasteiger charge is -2.22. The summed E-state index contributed by atoms with van der Waals surface area (Å²) in [5.41, 5.74) is 0.521. The van der Waals surface area contributed by atoms with Crippen molar-refractivity contribution in [3.05, 3.63) is 29.8 Å². The van der Waals surface area contributed by atoms with Crippen LogP contribution in [0.4, 0.5) is 0 Å². The molecule has 1 aromatic carbocycles. The van der Waals surface area contributed by atoms with Crippen molar-refractivity contribution in [2.75, 3.05) is 11.5 Å². The Morgan fingerprint density at radius 2 is 2.00 bits per heavy atom. The molecule has 19 heavy (non-hydrogen) atoms. The number of sulfonamides is 1. The van der Waals surface area contributed by atoms with E-state index < -0.39 is 10.0 Å². The summed E-state index contributed by atoms with van der Waals surface area (Å²) in [6.07, 6.45) is 1.93. The van der Waals surface area contributed by atoms with Gasteiger partial charge in [0.25, 0.3) is 0 Å². The molecule has 1 aromatic rings. The van der Waals surface area contributed by atoms with Gasteiger partial charge in [-0.05, 0) is 37.7 Å². The van der Waals surface area contributed by atoms with Crippen LogP contribution in [-0.4, -0.2) is 31.7 Å². The molecule has 1 unspecified atom stereocenters. The minimum Gasteiger partial charge on any atom is -0.295 e. The number of hydrogen-bond donors (Lipinski definition) is 1. The Morgan fingerprint density at radius 1 is 1.32 bits per heavy atom. The van der Waals surface area contributed by atoms with Crippen molar-refractivity contribution in [1.29, 1.82) is 0 Å². The monoisotopic (exact) mass is 299 g/mol. The van der Waals surface area contributed by atoms with Crippen LogP contribution in [0.2, 0.25) is 0 Å². The van der Waals surface area contributed by atoms with Crippen LogP contribution in [-0.2, 0) is 10.0 Å². The number of nitrogens with one attached hydrogen (secondary N) is 1. The molecule has 1 atom stereocenters. The van der Waals surface area contributed by atoms with Crippen LogP contribution >= 0.6 is 11.8 Å². The van der Waals surface area contributed by atoms with Gasteiger partial charge in [-0.15, -0.1) is 0 Å². The number of carbonyl (C=O) groups is 1. The highest BCUT2D eigenvalue weighted by atomic mass is 32.2. The molecule has 1 saturated heterocycles. The molecule has 104 valence electrons. The number of ketones is 1. The quantitative estimate of drug-likeness (QED) is 0.864. The molecule has 0 aromatic heterocycles. The van der Waals surface area contributed by atoms with Gasteiger partial charge < -0.3 is 0 Å². The Balaban J connectivity index is 2.12. The van der Waals surface area contributed by atoms with Crippen molar-refractivity contribution in [2.24, 2.45) is 0 Å². The van der Waals surface area contributed by atoms with E-state index in [-0.39, 0.29) is 16.7 Å². The van der Waals surface area contributed by atoms with Crippen LogP contribution in [0.3, 0.4) is 0 Å². The van der Waals surface area contributed by atoms with Crippen LogP contribution < -0.4 is 4.72 Å². The zero-order valence-electron chi connectivity index (χ0n) is 10.8. The topological polar surface area (TPSA) is 63.2 Å². The average Bonchev–Trinajstić information content (AvgIpc) is 2.39. The lowest BCUT2D eigenvalue weighted by Crippen LogP contribution is -2.38. The van der Waals surface area contributed by atoms with Crippen LogP contribution in [0, 0.1) is 0 Å². The van der Waals surface area contributed by atoms with Crippen molar-refractivity contribution < 1.29 is 13.2 Å². The molecular formula is C13H17NO3S2. The van der Waals surface area contributed by atoms with Crippen molar-refractivity contribution in [1.82, 2.24) is 4.72 Å². The normalized spacial score (nSPS) is 20.2. The van der Waals surface area contributed by atoms with Crippen molar-refractivity contribution in [3.63, 3.8) is 0 Å². The van der Waals surface area contributed by atoms with Gasteiger partial charge in [-0.1, -0.05) is 12.1 Å². The summed E-state index contributed by atoms with van der Waals surface area (Å²) < 4.78 is 27.1. The van der Waals surface area contributed by atoms with Gasteiger partial charge >= 0.3 is 0 Å². The minimum atomic E-state index is -3.48. The first kappa shape index (κ1) is 14.6. The third-order valence-electron chi connectivity index (χ3n) is 3.05. The van der Waals surface area contributed by atoms with Crippen LogP contribution in [0.15, 0.2) is 29.2 Å². The smallest absolute Gasteiger partial charge is 0.240 e. The van der Waals surface area contributed by atoms with E-state index in [0.717, 1.165) is 24.3 Å². The Kier molecular flexibility index (Phi) is 4.65. The Bertz CT molecular complexity index is 546. The molecule has 0 saturated carbocycles. The SMILES string of the molecule is CC(=O)c1ccc(S(=O)(=O)NC2CCCSC2)cc1. The van der Waals surface area contributed by atoms with E-state index in [1.54, 1.807) is 23.9 Å². The summed E-state index contributed by atoms with van der Waals surface area (Å²) in [7, 11) is -3.48. The average molecular weight is 299 g/mol. The summed E-state index contributed by atoms with van der Waals surface area (Å²) in [5, 5.41) is 0. The molecule has 0 radical (unpaired) electrons. The molecule has 0 spiro atoms. The zero-order valence-corrected chi connectivity index (χ0v) is 12.4. The van der Waals surface area contributed by atoms with Gasteiger partial charge in [0.15, 0.2) is 5.78 Å². The van der Waals surface area contributed by atoms with E-state index in [1.165, 1.54) is 19.1 Å². The second-order valence-electron chi connectivity index (χ2n) is 4.62. The first-order valence-corrected chi connectivity index (χ1v) is 8.84. The molecule has 2 rings (SSSR count). The second-order valence-corrected chi connectivity index (χ2v) is 7.48. The van der Waals surface area contributed by atoms with Gasteiger partial charge in [0.05, 0.1) is 4.90 Å². The molecule has 1 fully saturated rings. The van der Waals surface area contributed by atoms with Crippen LogP contribution in [0.1, 0.15) is 30.1 Å². The zero-order chi connectivity index (χ0) is 13.9. The Morgan fingerprint density at radius 3 is 2.53 bits per heavy atom. The highest BCUT2D eigenvalue weighted by Gasteiger charge is 2.22. The van der Waals surface area contributed by atoms with Crippen molar-refractivity contribution in [2.45, 2.75) is 30.7 Å². The Labute approximate surface area is 118 Å². The molecule has 4 nitrogen and oxygen atoms in total. The fraction of sp³-hybridized carbons (Fsp3) is 0.462. The van der Waals surface area contributed by atoms with Gasteiger partial charge in [-0.3, -0.25) is 4.79 Å². The first-order chi connectivity index (χ1) is 8.99. The van der Waals surface area contributed by atoms with Gasteiger partial charge in [-0.2, -0.15) is 11.8 Å². The molecule has 0 amide bonds. The second kappa shape index (κ2) is 6.07. The molecule has 0 bridgehead atoms. The molecule has 1 N–H and O–H groups in total. The highest BCUT2D eigenvalue weighted by molar-refractivity contribution is 7.99. The lowest BCUT2D eigenvalue weighted by atomic mass is 10.2. The Hall–Kier alpha value is -0.850. The summed E-state index contributed by atoms with van der Waals surface area (Å²) in [5.74, 6) is 1.86. The molecule has 1 aliphatic rings. The fourth-order valence-electron chi connectivity index (χ4n) is 1.99. The molecular weight excluding hydrogens is 282 g/mol. The van der Waals surface area contributed by atoms with E-state index in [4.69, 9.17) is 0 Å². The van der Waals surface area contributed by atoms with Crippen molar-refractivity contribution in [3.8, 4) is 0 Å². The van der Waals surface area contributed by atoms with E-state index in [2.05, 4.69) is 4.72 Å². The maximum atomic E-state index is 12.2. The van der Waals surface area contributed by atoms with Crippen molar-refractivity contribution >= 4 is 27.6 Å². The summed E-state index contributed by atoms with van der Waals surface area (Å²) in [6.45, 7) is 1.46. The third kappa shape index (κ3) is 3.81. The van der Waals surface area contributed by atoms with E-state index >= 15 is 0 Å². The molecule has 1 aliphatic heterocycles. The van der Waals surface area contributed by atoms with E-state index in [1.807, 2.05) is 0 Å². The summed E-state index contributed by atoms with van der Waals surface area (Å²) >= 11 is 1.77. The first-order valence-electron chi connectivity index (χ1n) is 6.20. The number of hydrogen-bond acceptors (Lipinski definition) is 4. The maximum absolute atomic E-state index is 12.2. The molecule has 0 aliphatic carbocycles. The van der Waals surface area contributed by atoms with Gasteiger partial charge in [0, 0.05) is 17.4 Å². The largest absolute Gasteiger partial charge is 0.295 e. The fourth-order valence-corrected chi connectivity index (χ4v) is 4.44. The maximum Gasteiger partial charge on any atom is 0.240 e. The third-order valence-corrected chi connectivity index (χ3v) is 5.81. The number of rotatable bonds is 4. The highest BCUT2D eigenvalue weighted by Crippen LogP contribution is 2.19.